The van der Waals surface area contributed by atoms with Gasteiger partial charge in [-0.15, -0.1) is 6.58 Å². The molecule has 0 atom stereocenters. The largest absolute Gasteiger partial charge is 0.310 e. The maximum atomic E-state index is 3.72. The molecule has 0 aliphatic carbocycles. The van der Waals surface area contributed by atoms with Gasteiger partial charge in [-0.1, -0.05) is 13.0 Å². The van der Waals surface area contributed by atoms with Crippen LogP contribution in [0.25, 0.3) is 0 Å². The van der Waals surface area contributed by atoms with Crippen molar-refractivity contribution < 1.29 is 0 Å². The highest BCUT2D eigenvalue weighted by atomic mass is 15.1. The van der Waals surface area contributed by atoms with E-state index < -0.39 is 0 Å². The normalized spacial score (nSPS) is 20.4. The number of piperidine rings is 1. The van der Waals surface area contributed by atoms with E-state index >= 15 is 0 Å². The number of rotatable bonds is 5. The Morgan fingerprint density at radius 3 is 2.69 bits per heavy atom. The van der Waals surface area contributed by atoms with Gasteiger partial charge in [0.1, 0.15) is 0 Å². The van der Waals surface area contributed by atoms with Gasteiger partial charge >= 0.3 is 0 Å². The maximum Gasteiger partial charge on any atom is 0.0134 e. The fraction of sp³-hybridized carbons (Fsp3) is 0.818. The van der Waals surface area contributed by atoms with Crippen LogP contribution in [0, 0.1) is 0 Å². The van der Waals surface area contributed by atoms with E-state index in [9.17, 15) is 0 Å². The molecule has 0 aromatic rings. The fourth-order valence-electron chi connectivity index (χ4n) is 1.93. The van der Waals surface area contributed by atoms with Gasteiger partial charge in [0.15, 0.2) is 0 Å². The van der Waals surface area contributed by atoms with E-state index in [-0.39, 0.29) is 0 Å². The molecule has 13 heavy (non-hydrogen) atoms. The number of likely N-dealkylation sites (tertiary alicyclic amines) is 1. The van der Waals surface area contributed by atoms with Gasteiger partial charge < -0.3 is 10.2 Å². The maximum absolute atomic E-state index is 3.72. The Labute approximate surface area is 82.0 Å². The van der Waals surface area contributed by atoms with Crippen molar-refractivity contribution in [1.29, 1.82) is 0 Å². The summed E-state index contributed by atoms with van der Waals surface area (Å²) >= 11 is 0. The molecule has 0 amide bonds. The van der Waals surface area contributed by atoms with Crippen molar-refractivity contribution in [3.8, 4) is 0 Å². The molecule has 0 aromatic carbocycles. The molecule has 0 spiro atoms. The van der Waals surface area contributed by atoms with Gasteiger partial charge in [-0.25, -0.2) is 0 Å². The van der Waals surface area contributed by atoms with Gasteiger partial charge in [-0.05, 0) is 38.9 Å². The molecule has 1 fully saturated rings. The van der Waals surface area contributed by atoms with Crippen LogP contribution in [0.1, 0.15) is 26.2 Å². The minimum Gasteiger partial charge on any atom is -0.310 e. The highest BCUT2D eigenvalue weighted by molar-refractivity contribution is 4.80. The van der Waals surface area contributed by atoms with Crippen LogP contribution in [-0.4, -0.2) is 37.1 Å². The Morgan fingerprint density at radius 2 is 2.15 bits per heavy atom. The van der Waals surface area contributed by atoms with Crippen molar-refractivity contribution in [2.24, 2.45) is 0 Å². The van der Waals surface area contributed by atoms with Crippen LogP contribution in [0.15, 0.2) is 12.7 Å². The number of hydrogen-bond donors (Lipinski definition) is 1. The predicted molar refractivity (Wildman–Crippen MR) is 58.0 cm³/mol. The van der Waals surface area contributed by atoms with Crippen molar-refractivity contribution >= 4 is 0 Å². The molecule has 0 aromatic heterocycles. The predicted octanol–water partition coefficient (Wildman–Crippen LogP) is 1.64. The lowest BCUT2D eigenvalue weighted by Crippen LogP contribution is -2.42. The molecule has 0 radical (unpaired) electrons. The molecule has 76 valence electrons. The van der Waals surface area contributed by atoms with Gasteiger partial charge in [-0.2, -0.15) is 0 Å². The zero-order valence-electron chi connectivity index (χ0n) is 8.76. The van der Waals surface area contributed by atoms with E-state index in [0.717, 1.165) is 12.6 Å². The monoisotopic (exact) mass is 182 g/mol. The summed E-state index contributed by atoms with van der Waals surface area (Å²) in [4.78, 5) is 2.56. The molecule has 0 unspecified atom stereocenters. The van der Waals surface area contributed by atoms with Gasteiger partial charge in [0.25, 0.3) is 0 Å². The molecule has 2 heteroatoms. The summed E-state index contributed by atoms with van der Waals surface area (Å²) in [5, 5.41) is 3.49. The molecule has 1 N–H and O–H groups in total. The number of nitrogens with zero attached hydrogens (tertiary/aromatic N) is 1. The zero-order valence-corrected chi connectivity index (χ0v) is 8.76. The van der Waals surface area contributed by atoms with Gasteiger partial charge in [0, 0.05) is 12.6 Å². The van der Waals surface area contributed by atoms with Crippen LogP contribution in [0.5, 0.6) is 0 Å². The first-order valence-corrected chi connectivity index (χ1v) is 5.43. The van der Waals surface area contributed by atoms with Crippen LogP contribution in [0.4, 0.5) is 0 Å². The second-order valence-electron chi connectivity index (χ2n) is 3.81. The lowest BCUT2D eigenvalue weighted by Gasteiger charge is -2.31. The van der Waals surface area contributed by atoms with Crippen molar-refractivity contribution in [2.75, 3.05) is 26.2 Å². The van der Waals surface area contributed by atoms with E-state index in [1.54, 1.807) is 0 Å². The molecule has 0 saturated carbocycles. The third-order valence-electron chi connectivity index (χ3n) is 2.68. The molecule has 1 heterocycles. The summed E-state index contributed by atoms with van der Waals surface area (Å²) in [5.74, 6) is 0. The van der Waals surface area contributed by atoms with Crippen LogP contribution in [-0.2, 0) is 0 Å². The average Bonchev–Trinajstić information content (AvgIpc) is 2.17. The fourth-order valence-corrected chi connectivity index (χ4v) is 1.93. The van der Waals surface area contributed by atoms with Gasteiger partial charge in [-0.3, -0.25) is 0 Å². The lowest BCUT2D eigenvalue weighted by molar-refractivity contribution is 0.200. The first-order valence-electron chi connectivity index (χ1n) is 5.43. The third-order valence-corrected chi connectivity index (χ3v) is 2.68. The first kappa shape index (κ1) is 10.7. The molecule has 1 saturated heterocycles. The average molecular weight is 182 g/mol. The Kier molecular flexibility index (Phi) is 5.09. The van der Waals surface area contributed by atoms with E-state index in [1.165, 1.54) is 38.9 Å². The van der Waals surface area contributed by atoms with Gasteiger partial charge in [0.05, 0.1) is 0 Å². The summed E-state index contributed by atoms with van der Waals surface area (Å²) in [6.07, 6.45) is 5.82. The van der Waals surface area contributed by atoms with Crippen molar-refractivity contribution in [3.05, 3.63) is 12.7 Å². The summed E-state index contributed by atoms with van der Waals surface area (Å²) in [6, 6.07) is 0.728. The highest BCUT2D eigenvalue weighted by Crippen LogP contribution is 2.09. The van der Waals surface area contributed by atoms with Crippen molar-refractivity contribution in [3.63, 3.8) is 0 Å². The third kappa shape index (κ3) is 3.92. The topological polar surface area (TPSA) is 15.3 Å². The summed E-state index contributed by atoms with van der Waals surface area (Å²) < 4.78 is 0. The Bertz CT molecular complexity index is 137. The Morgan fingerprint density at radius 1 is 1.46 bits per heavy atom. The van der Waals surface area contributed by atoms with Crippen LogP contribution in [0.2, 0.25) is 0 Å². The molecule has 0 bridgehead atoms. The Balaban J connectivity index is 2.11. The highest BCUT2D eigenvalue weighted by Gasteiger charge is 2.16. The van der Waals surface area contributed by atoms with Crippen LogP contribution < -0.4 is 5.32 Å². The smallest absolute Gasteiger partial charge is 0.0134 e. The summed E-state index contributed by atoms with van der Waals surface area (Å²) in [7, 11) is 0. The minimum absolute atomic E-state index is 0.728. The molecule has 2 nitrogen and oxygen atoms in total. The standard InChI is InChI=1S/C11H22N2/c1-3-7-12-11-5-9-13(8-4-2)10-6-11/h3,11-12H,1,4-10H2,2H3. The second-order valence-corrected chi connectivity index (χ2v) is 3.81. The van der Waals surface area contributed by atoms with Crippen LogP contribution in [0.3, 0.4) is 0 Å². The number of hydrogen-bond acceptors (Lipinski definition) is 2. The van der Waals surface area contributed by atoms with Gasteiger partial charge in [0.2, 0.25) is 0 Å². The van der Waals surface area contributed by atoms with Crippen LogP contribution >= 0.6 is 0 Å². The zero-order chi connectivity index (χ0) is 9.52. The van der Waals surface area contributed by atoms with E-state index in [0.29, 0.717) is 0 Å². The molecule has 1 aliphatic heterocycles. The summed E-state index contributed by atoms with van der Waals surface area (Å²) in [5.41, 5.74) is 0. The first-order chi connectivity index (χ1) is 6.36. The second kappa shape index (κ2) is 6.17. The molecular weight excluding hydrogens is 160 g/mol. The van der Waals surface area contributed by atoms with E-state index in [2.05, 4.69) is 23.7 Å². The van der Waals surface area contributed by atoms with Crippen molar-refractivity contribution in [2.45, 2.75) is 32.2 Å². The Hall–Kier alpha value is -0.340. The minimum atomic E-state index is 0.728. The molecule has 1 rings (SSSR count). The van der Waals surface area contributed by atoms with E-state index in [4.69, 9.17) is 0 Å². The molecular formula is C11H22N2. The molecule has 1 aliphatic rings. The van der Waals surface area contributed by atoms with E-state index in [1.807, 2.05) is 6.08 Å². The summed E-state index contributed by atoms with van der Waals surface area (Å²) in [6.45, 7) is 10.7. The van der Waals surface area contributed by atoms with Crippen molar-refractivity contribution in [1.82, 2.24) is 10.2 Å². The lowest BCUT2D eigenvalue weighted by atomic mass is 10.1. The quantitative estimate of drug-likeness (QED) is 0.650. The SMILES string of the molecule is C=CCNC1CCN(CCC)CC1. The number of nitrogens with one attached hydrogen (secondary N) is 1.